The van der Waals surface area contributed by atoms with Crippen molar-refractivity contribution in [3.05, 3.63) is 29.1 Å². The first-order valence-corrected chi connectivity index (χ1v) is 7.61. The van der Waals surface area contributed by atoms with Crippen molar-refractivity contribution in [2.24, 2.45) is 0 Å². The molecule has 0 heterocycles. The van der Waals surface area contributed by atoms with Crippen molar-refractivity contribution in [1.82, 2.24) is 0 Å². The number of benzene rings is 1. The summed E-state index contributed by atoms with van der Waals surface area (Å²) in [4.78, 5) is 0. The Morgan fingerprint density at radius 1 is 0.882 bits per heavy atom. The predicted molar refractivity (Wildman–Crippen MR) is 53.6 cm³/mol. The van der Waals surface area contributed by atoms with Gasteiger partial charge in [-0.05, 0) is 0 Å². The summed E-state index contributed by atoms with van der Waals surface area (Å²) in [6, 6.07) is 0. The van der Waals surface area contributed by atoms with E-state index in [-0.39, 0.29) is 0 Å². The molecule has 1 aromatic rings. The van der Waals surface area contributed by atoms with E-state index in [1.54, 1.807) is 0 Å². The van der Waals surface area contributed by atoms with Crippen LogP contribution in [-0.4, -0.2) is 14.2 Å². The summed E-state index contributed by atoms with van der Waals surface area (Å²) in [5.41, 5.74) is 0. The van der Waals surface area contributed by atoms with Gasteiger partial charge in [0.1, 0.15) is 0 Å². The fourth-order valence-electron chi connectivity index (χ4n) is 0.922. The van der Waals surface area contributed by atoms with Crippen LogP contribution >= 0.6 is 7.78 Å². The second-order valence-corrected chi connectivity index (χ2v) is 7.94. The molecular formula is C8H6F5O2PS. The fourth-order valence-corrected chi connectivity index (χ4v) is 3.68. The lowest BCUT2D eigenvalue weighted by Gasteiger charge is -2.07. The largest absolute Gasteiger partial charge is 0.225 e. The van der Waals surface area contributed by atoms with Crippen molar-refractivity contribution in [3.8, 4) is 0 Å². The molecule has 96 valence electrons. The summed E-state index contributed by atoms with van der Waals surface area (Å²) in [6.45, 7) is 1.20. The highest BCUT2D eigenvalue weighted by Crippen LogP contribution is 2.27. The second-order valence-electron chi connectivity index (χ2n) is 2.95. The maximum atomic E-state index is 13.1. The van der Waals surface area contributed by atoms with Gasteiger partial charge in [0.25, 0.3) is 0 Å². The quantitative estimate of drug-likeness (QED) is 0.370. The molecule has 17 heavy (non-hydrogen) atoms. The minimum atomic E-state index is -3.87. The summed E-state index contributed by atoms with van der Waals surface area (Å²) >= 11 is 0. The van der Waals surface area contributed by atoms with Crippen LogP contribution in [0.25, 0.3) is 0 Å². The van der Waals surface area contributed by atoms with Crippen LogP contribution in [-0.2, 0) is 9.46 Å². The molecule has 0 fully saturated rings. The number of hydrogen-bond donors (Lipinski definition) is 0. The zero-order chi connectivity index (χ0) is 13.4. The Hall–Kier alpha value is -0.750. The molecule has 1 unspecified atom stereocenters. The topological polar surface area (TPSA) is 34.1 Å². The van der Waals surface area contributed by atoms with Gasteiger partial charge >= 0.3 is 0 Å². The van der Waals surface area contributed by atoms with E-state index in [4.69, 9.17) is 0 Å². The Morgan fingerprint density at radius 3 is 1.59 bits per heavy atom. The molecule has 1 aromatic carbocycles. The average molecular weight is 292 g/mol. The van der Waals surface area contributed by atoms with Crippen LogP contribution in [0.4, 0.5) is 22.0 Å². The van der Waals surface area contributed by atoms with Crippen molar-refractivity contribution < 1.29 is 30.4 Å². The lowest BCUT2D eigenvalue weighted by Crippen LogP contribution is -2.18. The van der Waals surface area contributed by atoms with Crippen molar-refractivity contribution >= 4 is 22.5 Å². The van der Waals surface area contributed by atoms with Gasteiger partial charge in [-0.1, -0.05) is 6.92 Å². The first-order chi connectivity index (χ1) is 7.71. The zero-order valence-electron chi connectivity index (χ0n) is 8.32. The van der Waals surface area contributed by atoms with Gasteiger partial charge in [0.2, 0.25) is 5.82 Å². The van der Waals surface area contributed by atoms with Crippen molar-refractivity contribution in [2.75, 3.05) is 5.75 Å². The Balaban J connectivity index is 3.45. The number of rotatable bonds is 3. The Morgan fingerprint density at radius 2 is 1.24 bits per heavy atom. The molecule has 2 nitrogen and oxygen atoms in total. The molecule has 0 aliphatic rings. The molecular weight excluding hydrogens is 286 g/mol. The first-order valence-electron chi connectivity index (χ1n) is 4.23. The maximum absolute atomic E-state index is 13.1. The van der Waals surface area contributed by atoms with Crippen molar-refractivity contribution in [2.45, 2.75) is 6.92 Å². The average Bonchev–Trinajstić information content (AvgIpc) is 2.30. The molecule has 0 spiro atoms. The van der Waals surface area contributed by atoms with Gasteiger partial charge in [-0.25, -0.2) is 30.4 Å². The second kappa shape index (κ2) is 4.86. The van der Waals surface area contributed by atoms with E-state index >= 15 is 0 Å². The predicted octanol–water partition coefficient (Wildman–Crippen LogP) is 2.04. The Kier molecular flexibility index (Phi) is 4.09. The summed E-state index contributed by atoms with van der Waals surface area (Å²) in [6.07, 6.45) is 0. The van der Waals surface area contributed by atoms with Gasteiger partial charge in [0, 0.05) is 7.78 Å². The fraction of sp³-hybridized carbons (Fsp3) is 0.250. The third-order valence-electron chi connectivity index (χ3n) is 1.85. The molecule has 9 heteroatoms. The monoisotopic (exact) mass is 292 g/mol. The van der Waals surface area contributed by atoms with Crippen LogP contribution in [0.15, 0.2) is 0 Å². The van der Waals surface area contributed by atoms with E-state index in [2.05, 4.69) is 0 Å². The maximum Gasteiger partial charge on any atom is 0.200 e. The van der Waals surface area contributed by atoms with E-state index < -0.39 is 57.4 Å². The van der Waals surface area contributed by atoms with Crippen LogP contribution < -0.4 is 5.30 Å². The van der Waals surface area contributed by atoms with Gasteiger partial charge in [-0.15, -0.1) is 0 Å². The summed E-state index contributed by atoms with van der Waals surface area (Å²) in [5, 5.41) is -1.30. The molecule has 1 atom stereocenters. The Labute approximate surface area is 95.3 Å². The number of hydrogen-bond acceptors (Lipinski definition) is 2. The smallest absolute Gasteiger partial charge is 0.200 e. The Bertz CT molecular complexity index is 529. The van der Waals surface area contributed by atoms with Crippen LogP contribution in [0.3, 0.4) is 0 Å². The standard InChI is InChI=1S/C8H6F5O2PS/c1-2-17(14,15)16-8-6(12)4(10)3(9)5(11)7(8)13/h16H,2H2,1H3. The van der Waals surface area contributed by atoms with Crippen molar-refractivity contribution in [1.29, 1.82) is 0 Å². The molecule has 0 saturated carbocycles. The van der Waals surface area contributed by atoms with Crippen molar-refractivity contribution in [3.63, 3.8) is 0 Å². The SMILES string of the molecule is CCS(=O)(=O)Pc1c(F)c(F)c(F)c(F)c1F. The molecule has 0 N–H and O–H groups in total. The van der Waals surface area contributed by atoms with Crippen LogP contribution in [0.5, 0.6) is 0 Å². The van der Waals surface area contributed by atoms with Gasteiger partial charge < -0.3 is 0 Å². The third-order valence-corrected chi connectivity index (χ3v) is 5.97. The van der Waals surface area contributed by atoms with Crippen LogP contribution in [0, 0.1) is 29.1 Å². The normalized spacial score (nSPS) is 12.6. The van der Waals surface area contributed by atoms with Gasteiger partial charge in [-0.3, -0.25) is 0 Å². The minimum absolute atomic E-state index is 0.453. The van der Waals surface area contributed by atoms with Gasteiger partial charge in [0.15, 0.2) is 32.7 Å². The molecule has 0 saturated heterocycles. The molecule has 0 aliphatic heterocycles. The number of halogens is 5. The molecule has 0 radical (unpaired) electrons. The summed E-state index contributed by atoms with van der Waals surface area (Å²) in [5.74, 6) is -11.2. The summed E-state index contributed by atoms with van der Waals surface area (Å²) < 4.78 is 86.5. The van der Waals surface area contributed by atoms with E-state index in [0.29, 0.717) is 0 Å². The van der Waals surface area contributed by atoms with Crippen LogP contribution in [0.2, 0.25) is 0 Å². The van der Waals surface area contributed by atoms with E-state index in [1.165, 1.54) is 6.92 Å². The zero-order valence-corrected chi connectivity index (χ0v) is 10.1. The lowest BCUT2D eigenvalue weighted by molar-refractivity contribution is 0.384. The van der Waals surface area contributed by atoms with Gasteiger partial charge in [0.05, 0.1) is 11.1 Å². The molecule has 0 amide bonds. The molecule has 0 bridgehead atoms. The first kappa shape index (κ1) is 14.3. The van der Waals surface area contributed by atoms with E-state index in [0.717, 1.165) is 0 Å². The highest BCUT2D eigenvalue weighted by atomic mass is 32.8. The third kappa shape index (κ3) is 2.74. The molecule has 1 rings (SSSR count). The highest BCUT2D eigenvalue weighted by molar-refractivity contribution is 8.45. The lowest BCUT2D eigenvalue weighted by atomic mass is 10.3. The van der Waals surface area contributed by atoms with Crippen LogP contribution in [0.1, 0.15) is 6.92 Å². The molecule has 0 aliphatic carbocycles. The summed E-state index contributed by atoms with van der Waals surface area (Å²) in [7, 11) is -5.38. The van der Waals surface area contributed by atoms with Gasteiger partial charge in [-0.2, -0.15) is 0 Å². The highest BCUT2D eigenvalue weighted by Gasteiger charge is 2.28. The van der Waals surface area contributed by atoms with E-state index in [9.17, 15) is 30.4 Å². The molecule has 0 aromatic heterocycles. The minimum Gasteiger partial charge on any atom is -0.225 e. The van der Waals surface area contributed by atoms with E-state index in [1.807, 2.05) is 0 Å².